The van der Waals surface area contributed by atoms with E-state index in [1.165, 1.54) is 36.1 Å². The Morgan fingerprint density at radius 1 is 1.44 bits per heavy atom. The van der Waals surface area contributed by atoms with E-state index in [1.807, 2.05) is 0 Å². The summed E-state index contributed by atoms with van der Waals surface area (Å²) in [6.45, 7) is 2.25. The third-order valence-electron chi connectivity index (χ3n) is 3.60. The predicted octanol–water partition coefficient (Wildman–Crippen LogP) is 3.41. The van der Waals surface area contributed by atoms with Crippen molar-refractivity contribution < 1.29 is 4.74 Å². The normalized spacial score (nSPS) is 22.6. The van der Waals surface area contributed by atoms with Crippen LogP contribution >= 0.6 is 11.8 Å². The summed E-state index contributed by atoms with van der Waals surface area (Å²) in [6, 6.07) is 6.99. The Kier molecular flexibility index (Phi) is 4.95. The van der Waals surface area contributed by atoms with Crippen LogP contribution < -0.4 is 10.1 Å². The Balaban J connectivity index is 2.20. The first kappa shape index (κ1) is 13.8. The van der Waals surface area contributed by atoms with Crippen molar-refractivity contribution in [2.45, 2.75) is 37.5 Å². The van der Waals surface area contributed by atoms with E-state index in [9.17, 15) is 0 Å². The maximum atomic E-state index is 5.32. The molecule has 3 heteroatoms. The molecule has 2 unspecified atom stereocenters. The highest BCUT2D eigenvalue weighted by molar-refractivity contribution is 7.99. The fourth-order valence-corrected chi connectivity index (χ4v) is 3.98. The van der Waals surface area contributed by atoms with Gasteiger partial charge in [0.1, 0.15) is 5.75 Å². The monoisotopic (exact) mass is 265 g/mol. The van der Waals surface area contributed by atoms with E-state index >= 15 is 0 Å². The third-order valence-corrected chi connectivity index (χ3v) is 5.18. The average Bonchev–Trinajstić information content (AvgIpc) is 2.43. The van der Waals surface area contributed by atoms with Crippen molar-refractivity contribution in [3.63, 3.8) is 0 Å². The van der Waals surface area contributed by atoms with E-state index in [0.29, 0.717) is 11.3 Å². The lowest BCUT2D eigenvalue weighted by molar-refractivity contribution is 0.412. The molecule has 2 atom stereocenters. The highest BCUT2D eigenvalue weighted by Crippen LogP contribution is 2.38. The van der Waals surface area contributed by atoms with Crippen molar-refractivity contribution in [2.24, 2.45) is 0 Å². The summed E-state index contributed by atoms with van der Waals surface area (Å²) in [4.78, 5) is 0. The Morgan fingerprint density at radius 3 is 2.94 bits per heavy atom. The van der Waals surface area contributed by atoms with E-state index in [2.05, 4.69) is 49.2 Å². The first-order valence-electron chi connectivity index (χ1n) is 6.75. The molecule has 0 fully saturated rings. The number of hydrogen-bond acceptors (Lipinski definition) is 3. The molecule has 0 saturated carbocycles. The Labute approximate surface area is 114 Å². The Hall–Kier alpha value is -0.670. The molecular formula is C15H23NOS. The van der Waals surface area contributed by atoms with Crippen LogP contribution in [0.4, 0.5) is 0 Å². The summed E-state index contributed by atoms with van der Waals surface area (Å²) >= 11 is 2.11. The Morgan fingerprint density at radius 2 is 2.28 bits per heavy atom. The zero-order valence-corrected chi connectivity index (χ0v) is 12.3. The van der Waals surface area contributed by atoms with Gasteiger partial charge in [0.2, 0.25) is 0 Å². The average molecular weight is 265 g/mol. The van der Waals surface area contributed by atoms with Gasteiger partial charge in [0.15, 0.2) is 0 Å². The number of aryl methyl sites for hydroxylation is 1. The summed E-state index contributed by atoms with van der Waals surface area (Å²) in [6.07, 6.45) is 3.69. The molecule has 2 nitrogen and oxygen atoms in total. The topological polar surface area (TPSA) is 21.3 Å². The summed E-state index contributed by atoms with van der Waals surface area (Å²) in [5, 5.41) is 4.20. The van der Waals surface area contributed by atoms with Crippen LogP contribution in [0.3, 0.4) is 0 Å². The zero-order chi connectivity index (χ0) is 13.0. The molecule has 0 spiro atoms. The molecule has 2 rings (SSSR count). The van der Waals surface area contributed by atoms with E-state index in [-0.39, 0.29) is 0 Å². The Bertz CT molecular complexity index is 394. The summed E-state index contributed by atoms with van der Waals surface area (Å²) in [5.41, 5.74) is 2.90. The number of methoxy groups -OCH3 is 1. The molecule has 0 aromatic heterocycles. The minimum atomic E-state index is 0.483. The van der Waals surface area contributed by atoms with Crippen molar-refractivity contribution >= 4 is 11.8 Å². The van der Waals surface area contributed by atoms with Gasteiger partial charge in [-0.05, 0) is 55.3 Å². The van der Waals surface area contributed by atoms with Crippen LogP contribution in [-0.4, -0.2) is 25.2 Å². The van der Waals surface area contributed by atoms with E-state index in [1.54, 1.807) is 7.11 Å². The van der Waals surface area contributed by atoms with Crippen molar-refractivity contribution in [3.8, 4) is 5.75 Å². The molecule has 1 aliphatic rings. The molecule has 1 aromatic carbocycles. The predicted molar refractivity (Wildman–Crippen MR) is 79.7 cm³/mol. The number of nitrogens with one attached hydrogen (secondary N) is 1. The van der Waals surface area contributed by atoms with Crippen molar-refractivity contribution in [2.75, 3.05) is 19.9 Å². The van der Waals surface area contributed by atoms with Crippen LogP contribution in [0.5, 0.6) is 5.75 Å². The van der Waals surface area contributed by atoms with Gasteiger partial charge < -0.3 is 10.1 Å². The maximum Gasteiger partial charge on any atom is 0.119 e. The molecule has 100 valence electrons. The van der Waals surface area contributed by atoms with Gasteiger partial charge >= 0.3 is 0 Å². The molecule has 1 N–H and O–H groups in total. The van der Waals surface area contributed by atoms with E-state index < -0.39 is 0 Å². The second-order valence-corrected chi connectivity index (χ2v) is 6.13. The number of thioether (sulfide) groups is 1. The van der Waals surface area contributed by atoms with Gasteiger partial charge in [-0.1, -0.05) is 13.0 Å². The van der Waals surface area contributed by atoms with Crippen LogP contribution in [0.15, 0.2) is 18.2 Å². The minimum absolute atomic E-state index is 0.483. The van der Waals surface area contributed by atoms with E-state index in [0.717, 1.165) is 5.75 Å². The van der Waals surface area contributed by atoms with Crippen LogP contribution in [-0.2, 0) is 6.42 Å². The SMILES string of the molecule is CCCSC1CCc2cc(OC)ccc2C1NC. The second kappa shape index (κ2) is 6.48. The van der Waals surface area contributed by atoms with Gasteiger partial charge in [-0.25, -0.2) is 0 Å². The summed E-state index contributed by atoms with van der Waals surface area (Å²) in [5.74, 6) is 2.23. The first-order valence-corrected chi connectivity index (χ1v) is 7.80. The van der Waals surface area contributed by atoms with E-state index in [4.69, 9.17) is 4.74 Å². The number of benzene rings is 1. The molecular weight excluding hydrogens is 242 g/mol. The van der Waals surface area contributed by atoms with Crippen LogP contribution in [0.2, 0.25) is 0 Å². The smallest absolute Gasteiger partial charge is 0.119 e. The van der Waals surface area contributed by atoms with Gasteiger partial charge in [-0.15, -0.1) is 0 Å². The number of rotatable bonds is 5. The van der Waals surface area contributed by atoms with Crippen LogP contribution in [0, 0.1) is 0 Å². The number of hydrogen-bond donors (Lipinski definition) is 1. The second-order valence-electron chi connectivity index (χ2n) is 4.78. The van der Waals surface area contributed by atoms with Gasteiger partial charge in [0.05, 0.1) is 7.11 Å². The lowest BCUT2D eigenvalue weighted by Gasteiger charge is -2.33. The van der Waals surface area contributed by atoms with Crippen LogP contribution in [0.25, 0.3) is 0 Å². The van der Waals surface area contributed by atoms with Gasteiger partial charge in [-0.2, -0.15) is 11.8 Å². The molecule has 18 heavy (non-hydrogen) atoms. The lowest BCUT2D eigenvalue weighted by Crippen LogP contribution is -2.32. The summed E-state index contributed by atoms with van der Waals surface area (Å²) in [7, 11) is 3.81. The fraction of sp³-hybridized carbons (Fsp3) is 0.600. The number of fused-ring (bicyclic) bond motifs is 1. The van der Waals surface area contributed by atoms with Gasteiger partial charge in [0.25, 0.3) is 0 Å². The number of ether oxygens (including phenoxy) is 1. The quantitative estimate of drug-likeness (QED) is 0.881. The summed E-state index contributed by atoms with van der Waals surface area (Å²) < 4.78 is 5.32. The molecule has 0 heterocycles. The van der Waals surface area contributed by atoms with Gasteiger partial charge in [0, 0.05) is 11.3 Å². The lowest BCUT2D eigenvalue weighted by atomic mass is 9.87. The van der Waals surface area contributed by atoms with Crippen molar-refractivity contribution in [1.82, 2.24) is 5.32 Å². The fourth-order valence-electron chi connectivity index (χ4n) is 2.68. The van der Waals surface area contributed by atoms with Crippen LogP contribution in [0.1, 0.15) is 36.9 Å². The molecule has 1 aliphatic carbocycles. The molecule has 0 saturated heterocycles. The highest BCUT2D eigenvalue weighted by atomic mass is 32.2. The zero-order valence-electron chi connectivity index (χ0n) is 11.5. The standard InChI is InChI=1S/C15H23NOS/c1-4-9-18-14-8-5-11-10-12(17-3)6-7-13(11)15(14)16-2/h6-7,10,14-16H,4-5,8-9H2,1-3H3. The third kappa shape index (κ3) is 2.83. The van der Waals surface area contributed by atoms with Crippen molar-refractivity contribution in [3.05, 3.63) is 29.3 Å². The highest BCUT2D eigenvalue weighted by Gasteiger charge is 2.28. The van der Waals surface area contributed by atoms with Crippen molar-refractivity contribution in [1.29, 1.82) is 0 Å². The molecule has 1 aromatic rings. The molecule has 0 aliphatic heterocycles. The minimum Gasteiger partial charge on any atom is -0.497 e. The maximum absolute atomic E-state index is 5.32. The molecule has 0 amide bonds. The van der Waals surface area contributed by atoms with Gasteiger partial charge in [-0.3, -0.25) is 0 Å². The molecule has 0 bridgehead atoms. The first-order chi connectivity index (χ1) is 8.80. The largest absolute Gasteiger partial charge is 0.497 e. The molecule has 0 radical (unpaired) electrons.